The van der Waals surface area contributed by atoms with Gasteiger partial charge in [-0.3, -0.25) is 4.79 Å². The molecule has 0 radical (unpaired) electrons. The van der Waals surface area contributed by atoms with Crippen molar-refractivity contribution in [1.82, 2.24) is 0 Å². The average molecular weight is 375 g/mol. The van der Waals surface area contributed by atoms with Gasteiger partial charge < -0.3 is 4.74 Å². The van der Waals surface area contributed by atoms with Gasteiger partial charge in [-0.2, -0.15) is 0 Å². The molecule has 154 valence electrons. The average Bonchev–Trinajstić information content (AvgIpc) is 2.53. The molecule has 0 fully saturated rings. The van der Waals surface area contributed by atoms with E-state index >= 15 is 0 Å². The minimum Gasteiger partial charge on any atom is -0.462 e. The summed E-state index contributed by atoms with van der Waals surface area (Å²) in [6.07, 6.45) is 10.7. The van der Waals surface area contributed by atoms with Crippen LogP contribution in [0.3, 0.4) is 0 Å². The van der Waals surface area contributed by atoms with Gasteiger partial charge in [0.1, 0.15) is 5.60 Å². The van der Waals surface area contributed by atoms with Gasteiger partial charge in [-0.15, -0.1) is 0 Å². The number of hydrogen-bond donors (Lipinski definition) is 0. The molecule has 0 amide bonds. The largest absolute Gasteiger partial charge is 0.462 e. The van der Waals surface area contributed by atoms with Crippen molar-refractivity contribution in [3.8, 4) is 0 Å². The first kappa shape index (κ1) is 23.7. The molecule has 0 unspecified atom stereocenters. The smallest absolute Gasteiger partial charge is 0.293 e. The van der Waals surface area contributed by atoms with Gasteiger partial charge in [0.05, 0.1) is 0 Å². The van der Waals surface area contributed by atoms with Crippen LogP contribution in [0, 0.1) is 19.3 Å². The fraction of sp³-hybridized carbons (Fsp3) is 0.720. The van der Waals surface area contributed by atoms with Crippen LogP contribution in [0.2, 0.25) is 0 Å². The lowest BCUT2D eigenvalue weighted by Crippen LogP contribution is -2.23. The Bertz CT molecular complexity index is 579. The van der Waals surface area contributed by atoms with E-state index in [0.29, 0.717) is 11.9 Å². The zero-order valence-electron chi connectivity index (χ0n) is 18.9. The van der Waals surface area contributed by atoms with Crippen LogP contribution in [-0.2, 0) is 22.4 Å². The predicted molar refractivity (Wildman–Crippen MR) is 116 cm³/mol. The van der Waals surface area contributed by atoms with Gasteiger partial charge in [0.2, 0.25) is 0 Å². The summed E-state index contributed by atoms with van der Waals surface area (Å²) in [5, 5.41) is 0. The van der Waals surface area contributed by atoms with Gasteiger partial charge in [-0.05, 0) is 94.7 Å². The fourth-order valence-electron chi connectivity index (χ4n) is 3.74. The van der Waals surface area contributed by atoms with E-state index in [1.54, 1.807) is 0 Å². The second-order valence-corrected chi connectivity index (χ2v) is 10.0. The van der Waals surface area contributed by atoms with Crippen molar-refractivity contribution in [2.24, 2.45) is 5.41 Å². The lowest BCUT2D eigenvalue weighted by Gasteiger charge is -2.22. The Labute approximate surface area is 168 Å². The zero-order chi connectivity index (χ0) is 20.5. The van der Waals surface area contributed by atoms with Crippen LogP contribution in [0.15, 0.2) is 12.1 Å². The molecule has 2 heteroatoms. The number of rotatable bonds is 12. The van der Waals surface area contributed by atoms with E-state index < -0.39 is 0 Å². The van der Waals surface area contributed by atoms with Gasteiger partial charge in [0, 0.05) is 0 Å². The predicted octanol–water partition coefficient (Wildman–Crippen LogP) is 7.12. The summed E-state index contributed by atoms with van der Waals surface area (Å²) in [7, 11) is 0. The summed E-state index contributed by atoms with van der Waals surface area (Å²) >= 11 is 0. The van der Waals surface area contributed by atoms with E-state index in [0.717, 1.165) is 25.7 Å². The first-order valence-electron chi connectivity index (χ1n) is 10.7. The number of hydrogen-bond acceptors (Lipinski definition) is 2. The molecule has 0 spiro atoms. The van der Waals surface area contributed by atoms with Crippen LogP contribution < -0.4 is 0 Å². The number of ether oxygens (including phenoxy) is 1. The molecular weight excluding hydrogens is 332 g/mol. The Balaban J connectivity index is 2.51. The molecule has 0 N–H and O–H groups in total. The summed E-state index contributed by atoms with van der Waals surface area (Å²) in [6, 6.07) is 4.73. The molecule has 2 nitrogen and oxygen atoms in total. The molecule has 0 heterocycles. The van der Waals surface area contributed by atoms with Crippen molar-refractivity contribution in [3.63, 3.8) is 0 Å². The molecule has 1 rings (SSSR count). The van der Waals surface area contributed by atoms with Crippen LogP contribution in [0.25, 0.3) is 0 Å². The molecular formula is C25H42O2. The van der Waals surface area contributed by atoms with Crippen molar-refractivity contribution in [2.75, 3.05) is 0 Å². The highest BCUT2D eigenvalue weighted by atomic mass is 16.5. The van der Waals surface area contributed by atoms with Crippen LogP contribution in [0.5, 0.6) is 0 Å². The third-order valence-corrected chi connectivity index (χ3v) is 5.48. The van der Waals surface area contributed by atoms with E-state index in [4.69, 9.17) is 4.74 Å². The topological polar surface area (TPSA) is 26.3 Å². The van der Waals surface area contributed by atoms with Gasteiger partial charge >= 0.3 is 0 Å². The Hall–Kier alpha value is -1.31. The molecule has 0 aliphatic carbocycles. The van der Waals surface area contributed by atoms with Crippen LogP contribution in [-0.4, -0.2) is 12.1 Å². The van der Waals surface area contributed by atoms with E-state index in [2.05, 4.69) is 46.8 Å². The van der Waals surface area contributed by atoms with Gasteiger partial charge in [-0.25, -0.2) is 0 Å². The van der Waals surface area contributed by atoms with Crippen molar-refractivity contribution >= 4 is 6.47 Å². The third-order valence-electron chi connectivity index (χ3n) is 5.48. The second kappa shape index (κ2) is 10.9. The molecule has 0 atom stereocenters. The summed E-state index contributed by atoms with van der Waals surface area (Å²) in [4.78, 5) is 10.5. The molecule has 0 saturated carbocycles. The first-order chi connectivity index (χ1) is 12.5. The second-order valence-electron chi connectivity index (χ2n) is 10.0. The lowest BCUT2D eigenvalue weighted by molar-refractivity contribution is -0.140. The summed E-state index contributed by atoms with van der Waals surface area (Å²) < 4.78 is 5.15. The Morgan fingerprint density at radius 1 is 0.815 bits per heavy atom. The minimum absolute atomic E-state index is 0.346. The maximum Gasteiger partial charge on any atom is 0.293 e. The molecule has 1 aromatic carbocycles. The van der Waals surface area contributed by atoms with Gasteiger partial charge in [-0.1, -0.05) is 51.3 Å². The quantitative estimate of drug-likeness (QED) is 0.288. The highest BCUT2D eigenvalue weighted by Gasteiger charge is 2.18. The third kappa shape index (κ3) is 9.98. The summed E-state index contributed by atoms with van der Waals surface area (Å²) in [5.41, 5.74) is 6.00. The van der Waals surface area contributed by atoms with Crippen molar-refractivity contribution in [2.45, 2.75) is 112 Å². The van der Waals surface area contributed by atoms with E-state index in [9.17, 15) is 4.79 Å². The monoisotopic (exact) mass is 374 g/mol. The van der Waals surface area contributed by atoms with Crippen molar-refractivity contribution in [3.05, 3.63) is 34.4 Å². The van der Waals surface area contributed by atoms with Crippen LogP contribution in [0.4, 0.5) is 0 Å². The Morgan fingerprint density at radius 2 is 1.33 bits per heavy atom. The molecule has 0 bridgehead atoms. The number of carbonyl (C=O) groups is 1. The SMILES string of the molecule is Cc1cc(CCCCCC(C)(C)C)c(C)c(CCCCC(C)(C)OC=O)c1. The lowest BCUT2D eigenvalue weighted by atomic mass is 9.88. The number of carbonyl (C=O) groups excluding carboxylic acids is 1. The number of aryl methyl sites for hydroxylation is 3. The van der Waals surface area contributed by atoms with E-state index in [-0.39, 0.29) is 5.60 Å². The molecule has 1 aromatic rings. The van der Waals surface area contributed by atoms with Gasteiger partial charge in [0.15, 0.2) is 0 Å². The maximum atomic E-state index is 10.5. The van der Waals surface area contributed by atoms with E-state index in [1.165, 1.54) is 54.4 Å². The van der Waals surface area contributed by atoms with Crippen LogP contribution in [0.1, 0.15) is 102 Å². The maximum absolute atomic E-state index is 10.5. The minimum atomic E-state index is -0.346. The standard InChI is InChI=1S/C25H42O2/c1-20-17-22(13-9-8-11-15-24(3,4)5)21(2)23(18-20)14-10-12-16-25(6,7)27-19-26/h17-19H,8-16H2,1-7H3. The highest BCUT2D eigenvalue weighted by molar-refractivity contribution is 5.38. The molecule has 0 aliphatic rings. The molecule has 27 heavy (non-hydrogen) atoms. The fourth-order valence-corrected chi connectivity index (χ4v) is 3.74. The van der Waals surface area contributed by atoms with Crippen molar-refractivity contribution in [1.29, 1.82) is 0 Å². The zero-order valence-corrected chi connectivity index (χ0v) is 18.9. The van der Waals surface area contributed by atoms with Crippen LogP contribution >= 0.6 is 0 Å². The molecule has 0 saturated heterocycles. The van der Waals surface area contributed by atoms with Gasteiger partial charge in [0.25, 0.3) is 6.47 Å². The molecule has 0 aromatic heterocycles. The Morgan fingerprint density at radius 3 is 1.85 bits per heavy atom. The summed E-state index contributed by atoms with van der Waals surface area (Å²) in [5.74, 6) is 0. The Kier molecular flexibility index (Phi) is 9.56. The summed E-state index contributed by atoms with van der Waals surface area (Å²) in [6.45, 7) is 16.0. The first-order valence-corrected chi connectivity index (χ1v) is 10.7. The highest BCUT2D eigenvalue weighted by Crippen LogP contribution is 2.25. The number of unbranched alkanes of at least 4 members (excludes halogenated alkanes) is 3. The van der Waals surface area contributed by atoms with E-state index in [1.807, 2.05) is 13.8 Å². The molecule has 0 aliphatic heterocycles. The number of benzene rings is 1. The van der Waals surface area contributed by atoms with Crippen molar-refractivity contribution < 1.29 is 9.53 Å². The normalized spacial score (nSPS) is 12.3.